The van der Waals surface area contributed by atoms with Crippen LogP contribution in [0.3, 0.4) is 0 Å². The predicted molar refractivity (Wildman–Crippen MR) is 91.2 cm³/mol. The van der Waals surface area contributed by atoms with Crippen molar-refractivity contribution in [3.63, 3.8) is 0 Å². The highest BCUT2D eigenvalue weighted by molar-refractivity contribution is 7.80. The molecule has 3 atom stereocenters. The zero-order chi connectivity index (χ0) is 19.1. The molecule has 0 amide bonds. The Morgan fingerprint density at radius 2 is 1.88 bits per heavy atom. The molecule has 1 aliphatic heterocycles. The van der Waals surface area contributed by atoms with E-state index in [1.807, 2.05) is 0 Å². The number of carbonyl (C=O) groups is 1. The summed E-state index contributed by atoms with van der Waals surface area (Å²) in [5.41, 5.74) is -3.39. The first-order valence-electron chi connectivity index (χ1n) is 7.34. The Bertz CT molecular complexity index is 824. The molecule has 1 aliphatic rings. The van der Waals surface area contributed by atoms with Crippen LogP contribution in [0, 0.1) is 11.7 Å². The van der Waals surface area contributed by atoms with Gasteiger partial charge in [0.1, 0.15) is 11.7 Å². The molecule has 0 radical (unpaired) electrons. The molecule has 2 aromatic rings. The van der Waals surface area contributed by atoms with E-state index in [4.69, 9.17) is 12.2 Å². The maximum atomic E-state index is 13.7. The molecule has 0 spiro atoms. The lowest BCUT2D eigenvalue weighted by Gasteiger charge is -2.46. The van der Waals surface area contributed by atoms with Crippen LogP contribution in [0.2, 0.25) is 0 Å². The SMILES string of the molecule is O=C(c1cccs1)[C@@H]1[C@@H](c2ccc(F)cc2)NC(=S)N[C@]1(O)C(F)(F)F. The number of aliphatic hydroxyl groups is 1. The van der Waals surface area contributed by atoms with Gasteiger partial charge in [-0.3, -0.25) is 4.79 Å². The molecule has 4 nitrogen and oxygen atoms in total. The van der Waals surface area contributed by atoms with Gasteiger partial charge in [-0.2, -0.15) is 13.2 Å². The first-order chi connectivity index (χ1) is 12.1. The lowest BCUT2D eigenvalue weighted by atomic mass is 9.79. The van der Waals surface area contributed by atoms with Crippen molar-refractivity contribution in [2.75, 3.05) is 0 Å². The number of thiophene rings is 1. The van der Waals surface area contributed by atoms with Crippen molar-refractivity contribution in [2.45, 2.75) is 17.9 Å². The van der Waals surface area contributed by atoms with Crippen LogP contribution in [0.1, 0.15) is 21.3 Å². The van der Waals surface area contributed by atoms with Crippen LogP contribution in [0.5, 0.6) is 0 Å². The van der Waals surface area contributed by atoms with Gasteiger partial charge in [-0.25, -0.2) is 4.39 Å². The van der Waals surface area contributed by atoms with Crippen LogP contribution in [0.4, 0.5) is 17.6 Å². The van der Waals surface area contributed by atoms with E-state index < -0.39 is 40.6 Å². The van der Waals surface area contributed by atoms with Crippen molar-refractivity contribution in [3.8, 4) is 0 Å². The smallest absolute Gasteiger partial charge is 0.363 e. The van der Waals surface area contributed by atoms with Crippen LogP contribution < -0.4 is 10.6 Å². The molecular formula is C16H12F4N2O2S2. The maximum Gasteiger partial charge on any atom is 0.437 e. The normalized spacial score (nSPS) is 26.1. The molecule has 26 heavy (non-hydrogen) atoms. The number of rotatable bonds is 3. The summed E-state index contributed by atoms with van der Waals surface area (Å²) in [5, 5.41) is 15.9. The summed E-state index contributed by atoms with van der Waals surface area (Å²) in [6.45, 7) is 0. The predicted octanol–water partition coefficient (Wildman–Crippen LogP) is 3.16. The summed E-state index contributed by atoms with van der Waals surface area (Å²) in [5.74, 6) is -3.47. The van der Waals surface area contributed by atoms with E-state index in [0.717, 1.165) is 23.5 Å². The van der Waals surface area contributed by atoms with E-state index >= 15 is 0 Å². The van der Waals surface area contributed by atoms with Gasteiger partial charge >= 0.3 is 6.18 Å². The van der Waals surface area contributed by atoms with Crippen LogP contribution in [0.15, 0.2) is 41.8 Å². The molecule has 10 heteroatoms. The van der Waals surface area contributed by atoms with E-state index in [-0.39, 0.29) is 10.4 Å². The molecule has 1 fully saturated rings. The fourth-order valence-corrected chi connectivity index (χ4v) is 3.85. The van der Waals surface area contributed by atoms with Crippen LogP contribution in [-0.4, -0.2) is 27.9 Å². The molecule has 1 aromatic carbocycles. The van der Waals surface area contributed by atoms with Gasteiger partial charge in [0, 0.05) is 0 Å². The molecule has 2 heterocycles. The summed E-state index contributed by atoms with van der Waals surface area (Å²) in [6, 6.07) is 6.19. The number of Topliss-reactive ketones (excluding diaryl/α,β-unsaturated/α-hetero) is 1. The first kappa shape index (κ1) is 18.7. The van der Waals surface area contributed by atoms with Gasteiger partial charge in [0.15, 0.2) is 10.9 Å². The molecule has 0 aliphatic carbocycles. The second kappa shape index (κ2) is 6.60. The van der Waals surface area contributed by atoms with Crippen molar-refractivity contribution in [1.29, 1.82) is 0 Å². The number of halogens is 4. The van der Waals surface area contributed by atoms with Crippen molar-refractivity contribution in [2.24, 2.45) is 5.92 Å². The second-order valence-corrected chi connectivity index (χ2v) is 7.07. The van der Waals surface area contributed by atoms with E-state index in [1.54, 1.807) is 10.7 Å². The zero-order valence-corrected chi connectivity index (χ0v) is 14.5. The third-order valence-corrected chi connectivity index (χ3v) is 5.19. The number of benzene rings is 1. The van der Waals surface area contributed by atoms with E-state index in [1.165, 1.54) is 24.3 Å². The van der Waals surface area contributed by atoms with E-state index in [0.29, 0.717) is 0 Å². The Labute approximate surface area is 154 Å². The fourth-order valence-electron chi connectivity index (χ4n) is 2.86. The van der Waals surface area contributed by atoms with Gasteiger partial charge in [-0.1, -0.05) is 18.2 Å². The van der Waals surface area contributed by atoms with Crippen molar-refractivity contribution >= 4 is 34.5 Å². The maximum absolute atomic E-state index is 13.7. The van der Waals surface area contributed by atoms with Gasteiger partial charge in [-0.15, -0.1) is 11.3 Å². The summed E-state index contributed by atoms with van der Waals surface area (Å²) < 4.78 is 54.3. The quantitative estimate of drug-likeness (QED) is 0.417. The average molecular weight is 404 g/mol. The number of hydrogen-bond acceptors (Lipinski definition) is 4. The van der Waals surface area contributed by atoms with Crippen LogP contribution in [-0.2, 0) is 0 Å². The highest BCUT2D eigenvalue weighted by Crippen LogP contribution is 2.44. The van der Waals surface area contributed by atoms with Crippen LogP contribution in [0.25, 0.3) is 0 Å². The topological polar surface area (TPSA) is 61.4 Å². The number of carbonyl (C=O) groups excluding carboxylic acids is 1. The lowest BCUT2D eigenvalue weighted by molar-refractivity contribution is -0.285. The monoisotopic (exact) mass is 404 g/mol. The molecule has 1 saturated heterocycles. The highest BCUT2D eigenvalue weighted by Gasteiger charge is 2.65. The summed E-state index contributed by atoms with van der Waals surface area (Å²) >= 11 is 5.76. The lowest BCUT2D eigenvalue weighted by Crippen LogP contribution is -2.72. The molecule has 138 valence electrons. The Kier molecular flexibility index (Phi) is 4.76. The number of alkyl halides is 3. The molecule has 0 saturated carbocycles. The number of hydrogen-bond donors (Lipinski definition) is 3. The fraction of sp³-hybridized carbons (Fsp3) is 0.250. The largest absolute Gasteiger partial charge is 0.437 e. The molecule has 3 rings (SSSR count). The molecule has 0 unspecified atom stereocenters. The minimum absolute atomic E-state index is 0.0567. The number of thiocarbonyl (C=S) groups is 1. The minimum atomic E-state index is -5.19. The Morgan fingerprint density at radius 3 is 2.42 bits per heavy atom. The summed E-state index contributed by atoms with van der Waals surface area (Å²) in [6.07, 6.45) is -5.19. The first-order valence-corrected chi connectivity index (χ1v) is 8.63. The number of ketones is 1. The Balaban J connectivity index is 2.14. The molecular weight excluding hydrogens is 392 g/mol. The summed E-state index contributed by atoms with van der Waals surface area (Å²) in [4.78, 5) is 12.9. The molecule has 1 aromatic heterocycles. The number of nitrogens with one attached hydrogen (secondary N) is 2. The summed E-state index contributed by atoms with van der Waals surface area (Å²) in [7, 11) is 0. The Hall–Kier alpha value is -2.04. The highest BCUT2D eigenvalue weighted by atomic mass is 32.1. The second-order valence-electron chi connectivity index (χ2n) is 5.71. The van der Waals surface area contributed by atoms with Gasteiger partial charge < -0.3 is 15.7 Å². The Morgan fingerprint density at radius 1 is 1.23 bits per heavy atom. The van der Waals surface area contributed by atoms with E-state index in [9.17, 15) is 27.5 Å². The molecule has 0 bridgehead atoms. The molecule has 3 N–H and O–H groups in total. The van der Waals surface area contributed by atoms with Gasteiger partial charge in [0.2, 0.25) is 5.72 Å². The van der Waals surface area contributed by atoms with Gasteiger partial charge in [0.25, 0.3) is 0 Å². The third-order valence-electron chi connectivity index (χ3n) is 4.08. The van der Waals surface area contributed by atoms with Crippen molar-refractivity contribution in [3.05, 3.63) is 58.0 Å². The minimum Gasteiger partial charge on any atom is -0.363 e. The van der Waals surface area contributed by atoms with Gasteiger partial charge in [-0.05, 0) is 41.4 Å². The van der Waals surface area contributed by atoms with E-state index in [2.05, 4.69) is 5.32 Å². The average Bonchev–Trinajstić information content (AvgIpc) is 3.08. The zero-order valence-electron chi connectivity index (χ0n) is 12.9. The standard InChI is InChI=1S/C16H12F4N2O2S2/c17-9-5-3-8(4-6-9)12-11(13(23)10-2-1-7-26-10)15(24,16(18,19)20)22-14(25)21-12/h1-7,11-12,24H,(H2,21,22,25)/t11-,12+,15+/m0/s1. The third kappa shape index (κ3) is 3.19. The van der Waals surface area contributed by atoms with Crippen LogP contribution >= 0.6 is 23.6 Å². The van der Waals surface area contributed by atoms with Crippen molar-refractivity contribution in [1.82, 2.24) is 10.6 Å². The van der Waals surface area contributed by atoms with Crippen molar-refractivity contribution < 1.29 is 27.5 Å². The van der Waals surface area contributed by atoms with Gasteiger partial charge in [0.05, 0.1) is 10.9 Å².